The van der Waals surface area contributed by atoms with Crippen molar-refractivity contribution in [2.45, 2.75) is 90.1 Å². The van der Waals surface area contributed by atoms with Crippen molar-refractivity contribution in [3.8, 4) is 0 Å². The molecule has 146 valence electrons. The summed E-state index contributed by atoms with van der Waals surface area (Å²) in [7, 11) is 1.56. The zero-order valence-electron chi connectivity index (χ0n) is 17.2. The number of methoxy groups -OCH3 is 1. The molecule has 1 unspecified atom stereocenters. The maximum absolute atomic E-state index is 12.2. The summed E-state index contributed by atoms with van der Waals surface area (Å²) < 4.78 is 5.10. The van der Waals surface area contributed by atoms with Gasteiger partial charge < -0.3 is 4.74 Å². The topological polar surface area (TPSA) is 29.5 Å². The standard InChI is InChI=1S/C23H37NO2/c1-15(2)17-8-11-21(3)16-7-12-22-10-5-6-18(22)23(21,13-9-19(25)26-4)20(17)24(22)14-16/h15-18,20H,5-14H2,1-4H3/t16-,17+,18-,20+,21+,22-,23+/m1/s1. The van der Waals surface area contributed by atoms with Gasteiger partial charge in [0.1, 0.15) is 0 Å². The first-order valence-corrected chi connectivity index (χ1v) is 11.2. The number of carbonyl (C=O) groups excluding carboxylic acids is 1. The van der Waals surface area contributed by atoms with E-state index in [1.807, 2.05) is 0 Å². The molecule has 0 aromatic rings. The summed E-state index contributed by atoms with van der Waals surface area (Å²) in [4.78, 5) is 15.3. The fourth-order valence-corrected chi connectivity index (χ4v) is 9.42. The highest BCUT2D eigenvalue weighted by molar-refractivity contribution is 5.69. The molecule has 0 amide bonds. The number of piperidine rings is 2. The van der Waals surface area contributed by atoms with Gasteiger partial charge in [-0.3, -0.25) is 9.69 Å². The van der Waals surface area contributed by atoms with Crippen LogP contribution in [0.1, 0.15) is 78.6 Å². The summed E-state index contributed by atoms with van der Waals surface area (Å²) in [6.45, 7) is 8.89. The smallest absolute Gasteiger partial charge is 0.305 e. The van der Waals surface area contributed by atoms with Crippen molar-refractivity contribution in [1.82, 2.24) is 4.90 Å². The number of ether oxygens (including phenoxy) is 1. The van der Waals surface area contributed by atoms with Crippen molar-refractivity contribution < 1.29 is 9.53 Å². The molecule has 3 heteroatoms. The second kappa shape index (κ2) is 5.49. The van der Waals surface area contributed by atoms with Crippen LogP contribution in [0.25, 0.3) is 0 Å². The van der Waals surface area contributed by atoms with E-state index in [-0.39, 0.29) is 5.97 Å². The Balaban J connectivity index is 1.67. The van der Waals surface area contributed by atoms with Crippen LogP contribution in [0.15, 0.2) is 0 Å². The number of hydrogen-bond acceptors (Lipinski definition) is 3. The van der Waals surface area contributed by atoms with E-state index in [0.717, 1.165) is 30.1 Å². The minimum atomic E-state index is 0.00515. The van der Waals surface area contributed by atoms with Crippen LogP contribution in [-0.2, 0) is 9.53 Å². The predicted molar refractivity (Wildman–Crippen MR) is 103 cm³/mol. The first kappa shape index (κ1) is 17.5. The van der Waals surface area contributed by atoms with Crippen LogP contribution in [0, 0.1) is 34.5 Å². The SMILES string of the molecule is COC(=O)CC[C@]12[C@@H]3[C@H](C(C)C)CC[C@@]1(C)[C@@H]1CC[C@@]4(CCC[C@H]42)N3C1. The van der Waals surface area contributed by atoms with Gasteiger partial charge in [-0.25, -0.2) is 0 Å². The molecule has 5 rings (SSSR count). The first-order valence-electron chi connectivity index (χ1n) is 11.2. The second-order valence-corrected chi connectivity index (χ2v) is 10.9. The molecular formula is C23H37NO2. The molecule has 2 saturated carbocycles. The Morgan fingerprint density at radius 1 is 1.19 bits per heavy atom. The minimum absolute atomic E-state index is 0.00515. The van der Waals surface area contributed by atoms with Gasteiger partial charge in [0.15, 0.2) is 0 Å². The Hall–Kier alpha value is -0.570. The quantitative estimate of drug-likeness (QED) is 0.685. The molecule has 0 aromatic heterocycles. The zero-order chi connectivity index (χ0) is 18.3. The molecule has 5 fully saturated rings. The summed E-state index contributed by atoms with van der Waals surface area (Å²) in [5.41, 5.74) is 1.26. The number of esters is 1. The fourth-order valence-electron chi connectivity index (χ4n) is 9.42. The van der Waals surface area contributed by atoms with Crippen LogP contribution in [0.3, 0.4) is 0 Å². The zero-order valence-corrected chi connectivity index (χ0v) is 17.2. The van der Waals surface area contributed by atoms with Crippen LogP contribution in [0.2, 0.25) is 0 Å². The third-order valence-corrected chi connectivity index (χ3v) is 10.3. The van der Waals surface area contributed by atoms with E-state index >= 15 is 0 Å². The normalized spacial score (nSPS) is 53.8. The largest absolute Gasteiger partial charge is 0.469 e. The molecule has 26 heavy (non-hydrogen) atoms. The van der Waals surface area contributed by atoms with Crippen LogP contribution in [-0.4, -0.2) is 36.1 Å². The molecule has 3 aliphatic heterocycles. The number of rotatable bonds is 4. The number of hydrogen-bond donors (Lipinski definition) is 0. The maximum Gasteiger partial charge on any atom is 0.305 e. The lowest BCUT2D eigenvalue weighted by Crippen LogP contribution is -2.68. The summed E-state index contributed by atoms with van der Waals surface area (Å²) in [5, 5.41) is 0. The minimum Gasteiger partial charge on any atom is -0.469 e. The maximum atomic E-state index is 12.2. The van der Waals surface area contributed by atoms with Crippen molar-refractivity contribution in [3.05, 3.63) is 0 Å². The molecule has 0 aromatic carbocycles. The highest BCUT2D eigenvalue weighted by Gasteiger charge is 2.79. The van der Waals surface area contributed by atoms with Crippen LogP contribution >= 0.6 is 0 Å². The van der Waals surface area contributed by atoms with Gasteiger partial charge in [0.25, 0.3) is 0 Å². The lowest BCUT2D eigenvalue weighted by atomic mass is 9.42. The molecule has 3 nitrogen and oxygen atoms in total. The molecule has 0 N–H and O–H groups in total. The molecule has 3 heterocycles. The van der Waals surface area contributed by atoms with Crippen LogP contribution in [0.5, 0.6) is 0 Å². The van der Waals surface area contributed by atoms with E-state index in [4.69, 9.17) is 4.74 Å². The van der Waals surface area contributed by atoms with Gasteiger partial charge in [-0.1, -0.05) is 27.2 Å². The van der Waals surface area contributed by atoms with Gasteiger partial charge in [-0.2, -0.15) is 0 Å². The molecular weight excluding hydrogens is 322 g/mol. The summed E-state index contributed by atoms with van der Waals surface area (Å²) in [6.07, 6.45) is 11.6. The highest BCUT2D eigenvalue weighted by atomic mass is 16.5. The molecule has 5 aliphatic rings. The van der Waals surface area contributed by atoms with E-state index in [1.54, 1.807) is 7.11 Å². The average molecular weight is 360 g/mol. The van der Waals surface area contributed by atoms with Gasteiger partial charge in [0, 0.05) is 24.5 Å². The predicted octanol–water partition coefficient (Wildman–Crippen LogP) is 4.65. The molecule has 3 saturated heterocycles. The molecule has 5 bridgehead atoms. The number of fused-ring (bicyclic) bond motifs is 2. The number of carbonyl (C=O) groups is 1. The van der Waals surface area contributed by atoms with Crippen molar-refractivity contribution in [3.63, 3.8) is 0 Å². The van der Waals surface area contributed by atoms with Gasteiger partial charge in [0.2, 0.25) is 0 Å². The first-order chi connectivity index (χ1) is 12.4. The summed E-state index contributed by atoms with van der Waals surface area (Å²) >= 11 is 0. The highest BCUT2D eigenvalue weighted by Crippen LogP contribution is 2.79. The molecule has 1 spiro atoms. The molecule has 0 radical (unpaired) electrons. The molecule has 8 atom stereocenters. The van der Waals surface area contributed by atoms with E-state index < -0.39 is 0 Å². The van der Waals surface area contributed by atoms with Gasteiger partial charge in [-0.05, 0) is 79.4 Å². The van der Waals surface area contributed by atoms with Gasteiger partial charge in [0.05, 0.1) is 7.11 Å². The second-order valence-electron chi connectivity index (χ2n) is 10.9. The lowest BCUT2D eigenvalue weighted by Gasteiger charge is -2.67. The van der Waals surface area contributed by atoms with Crippen molar-refractivity contribution in [1.29, 1.82) is 0 Å². The lowest BCUT2D eigenvalue weighted by molar-refractivity contribution is -0.184. The van der Waals surface area contributed by atoms with E-state index in [0.29, 0.717) is 28.8 Å². The van der Waals surface area contributed by atoms with Gasteiger partial charge >= 0.3 is 5.97 Å². The van der Waals surface area contributed by atoms with E-state index in [2.05, 4.69) is 25.7 Å². The Morgan fingerprint density at radius 3 is 2.73 bits per heavy atom. The van der Waals surface area contributed by atoms with Crippen molar-refractivity contribution in [2.24, 2.45) is 34.5 Å². The number of nitrogens with zero attached hydrogens (tertiary/aromatic N) is 1. The van der Waals surface area contributed by atoms with Crippen LogP contribution < -0.4 is 0 Å². The van der Waals surface area contributed by atoms with E-state index in [9.17, 15) is 4.79 Å². The van der Waals surface area contributed by atoms with Crippen molar-refractivity contribution in [2.75, 3.05) is 13.7 Å². The van der Waals surface area contributed by atoms with Crippen molar-refractivity contribution >= 4 is 5.97 Å². The Bertz CT molecular complexity index is 617. The third-order valence-electron chi connectivity index (χ3n) is 10.3. The fraction of sp³-hybridized carbons (Fsp3) is 0.957. The Labute approximate surface area is 159 Å². The molecule has 2 aliphatic carbocycles. The Morgan fingerprint density at radius 2 is 2.00 bits per heavy atom. The van der Waals surface area contributed by atoms with Crippen LogP contribution in [0.4, 0.5) is 0 Å². The average Bonchev–Trinajstić information content (AvgIpc) is 3.09. The summed E-state index contributed by atoms with van der Waals surface area (Å²) in [5.74, 6) is 3.23. The monoisotopic (exact) mass is 359 g/mol. The summed E-state index contributed by atoms with van der Waals surface area (Å²) in [6, 6.07) is 0.716. The Kier molecular flexibility index (Phi) is 3.70. The van der Waals surface area contributed by atoms with E-state index in [1.165, 1.54) is 51.5 Å². The van der Waals surface area contributed by atoms with Gasteiger partial charge in [-0.15, -0.1) is 0 Å². The third kappa shape index (κ3) is 1.78.